The molecule has 0 N–H and O–H groups in total. The third kappa shape index (κ3) is 5.69. The van der Waals surface area contributed by atoms with Gasteiger partial charge < -0.3 is 14.4 Å². The van der Waals surface area contributed by atoms with Crippen LogP contribution in [-0.4, -0.2) is 66.2 Å². The Labute approximate surface area is 204 Å². The predicted molar refractivity (Wildman–Crippen MR) is 135 cm³/mol. The van der Waals surface area contributed by atoms with Crippen molar-refractivity contribution in [2.75, 3.05) is 39.5 Å². The van der Waals surface area contributed by atoms with Crippen molar-refractivity contribution in [2.24, 2.45) is 4.99 Å². The molecule has 0 saturated carbocycles. The van der Waals surface area contributed by atoms with Crippen molar-refractivity contribution in [3.05, 3.63) is 64.6 Å². The lowest BCUT2D eigenvalue weighted by Crippen LogP contribution is -2.40. The lowest BCUT2D eigenvalue weighted by Gasteiger charge is -2.26. The maximum absolute atomic E-state index is 13.0. The van der Waals surface area contributed by atoms with Crippen LogP contribution in [0.3, 0.4) is 0 Å². The number of thioether (sulfide) groups is 1. The summed E-state index contributed by atoms with van der Waals surface area (Å²) in [6, 6.07) is 15.0. The number of amides is 2. The average molecular weight is 480 g/mol. The molecule has 2 fully saturated rings. The van der Waals surface area contributed by atoms with Gasteiger partial charge in [-0.1, -0.05) is 25.1 Å². The Balaban J connectivity index is 1.52. The van der Waals surface area contributed by atoms with E-state index in [-0.39, 0.29) is 11.8 Å². The molecule has 2 heterocycles. The van der Waals surface area contributed by atoms with E-state index >= 15 is 0 Å². The molecule has 2 saturated heterocycles. The minimum atomic E-state index is -0.0712. The first-order chi connectivity index (χ1) is 16.6. The van der Waals surface area contributed by atoms with Gasteiger partial charge in [-0.2, -0.15) is 0 Å². The zero-order chi connectivity index (χ0) is 23.9. The number of rotatable bonds is 7. The third-order valence-corrected chi connectivity index (χ3v) is 6.48. The molecular weight excluding hydrogens is 450 g/mol. The summed E-state index contributed by atoms with van der Waals surface area (Å²) < 4.78 is 11.0. The molecule has 7 nitrogen and oxygen atoms in total. The normalized spacial score (nSPS) is 18.7. The van der Waals surface area contributed by atoms with E-state index in [2.05, 4.69) is 6.92 Å². The minimum absolute atomic E-state index is 0.0280. The van der Waals surface area contributed by atoms with Gasteiger partial charge in [-0.3, -0.25) is 14.5 Å². The second-order valence-corrected chi connectivity index (χ2v) is 8.94. The summed E-state index contributed by atoms with van der Waals surface area (Å²) in [4.78, 5) is 34.6. The van der Waals surface area contributed by atoms with Crippen molar-refractivity contribution in [3.63, 3.8) is 0 Å². The van der Waals surface area contributed by atoms with Gasteiger partial charge in [0.25, 0.3) is 11.8 Å². The minimum Gasteiger partial charge on any atom is -0.494 e. The Bertz CT molecular complexity index is 1090. The van der Waals surface area contributed by atoms with Gasteiger partial charge in [0.2, 0.25) is 0 Å². The Hall–Kier alpha value is -3.10. The molecule has 0 spiro atoms. The summed E-state index contributed by atoms with van der Waals surface area (Å²) in [5, 5.41) is 0.609. The number of likely N-dealkylation sites (N-methyl/N-ethyl adjacent to an activating group) is 1. The molecule has 2 aromatic rings. The highest BCUT2D eigenvalue weighted by Crippen LogP contribution is 2.34. The molecule has 2 aliphatic rings. The van der Waals surface area contributed by atoms with E-state index in [1.54, 1.807) is 21.9 Å². The SMILES string of the molecule is CCCOc1ccc(/C=C2/SC(=Nc3cccc(C(=O)N4CCOCC4)c3)N(CC)C2=O)cc1. The Morgan fingerprint density at radius 3 is 2.62 bits per heavy atom. The number of benzene rings is 2. The molecule has 0 bridgehead atoms. The summed E-state index contributed by atoms with van der Waals surface area (Å²) in [6.07, 6.45) is 2.83. The molecule has 2 amide bonds. The summed E-state index contributed by atoms with van der Waals surface area (Å²) in [5.41, 5.74) is 2.16. The molecule has 178 valence electrons. The van der Waals surface area contributed by atoms with Gasteiger partial charge in [0.05, 0.1) is 30.4 Å². The van der Waals surface area contributed by atoms with Crippen molar-refractivity contribution in [1.82, 2.24) is 9.80 Å². The fourth-order valence-electron chi connectivity index (χ4n) is 3.67. The molecule has 0 aromatic heterocycles. The molecule has 0 atom stereocenters. The quantitative estimate of drug-likeness (QED) is 0.544. The van der Waals surface area contributed by atoms with E-state index in [9.17, 15) is 9.59 Å². The summed E-state index contributed by atoms with van der Waals surface area (Å²) in [5.74, 6) is 0.719. The van der Waals surface area contributed by atoms with Crippen LogP contribution in [0.1, 0.15) is 36.2 Å². The van der Waals surface area contributed by atoms with E-state index in [4.69, 9.17) is 14.5 Å². The molecule has 34 heavy (non-hydrogen) atoms. The van der Waals surface area contributed by atoms with Gasteiger partial charge >= 0.3 is 0 Å². The average Bonchev–Trinajstić information content (AvgIpc) is 3.17. The first kappa shape index (κ1) is 24.0. The standard InChI is InChI=1S/C26H29N3O4S/c1-3-14-33-22-10-8-19(9-11-22)17-23-25(31)29(4-2)26(34-23)27-21-7-5-6-20(18-21)24(30)28-12-15-32-16-13-28/h5-11,17-18H,3-4,12-16H2,1-2H3/b23-17+,27-26?. The highest BCUT2D eigenvalue weighted by molar-refractivity contribution is 8.18. The number of carbonyl (C=O) groups is 2. The first-order valence-corrected chi connectivity index (χ1v) is 12.4. The number of hydrogen-bond acceptors (Lipinski definition) is 6. The zero-order valence-electron chi connectivity index (χ0n) is 19.5. The van der Waals surface area contributed by atoms with Crippen LogP contribution in [0.4, 0.5) is 5.69 Å². The number of morpholine rings is 1. The highest BCUT2D eigenvalue weighted by atomic mass is 32.2. The van der Waals surface area contributed by atoms with Crippen LogP contribution in [0.5, 0.6) is 5.75 Å². The van der Waals surface area contributed by atoms with Gasteiger partial charge in [-0.05, 0) is 67.1 Å². The summed E-state index contributed by atoms with van der Waals surface area (Å²) >= 11 is 1.35. The van der Waals surface area contributed by atoms with Gasteiger partial charge in [-0.15, -0.1) is 0 Å². The van der Waals surface area contributed by atoms with Gasteiger partial charge in [0.1, 0.15) is 5.75 Å². The first-order valence-electron chi connectivity index (χ1n) is 11.6. The van der Waals surface area contributed by atoms with Crippen molar-refractivity contribution >= 4 is 40.5 Å². The maximum atomic E-state index is 13.0. The second kappa shape index (κ2) is 11.4. The number of carbonyl (C=O) groups excluding carboxylic acids is 2. The molecule has 4 rings (SSSR count). The third-order valence-electron chi connectivity index (χ3n) is 5.47. The van der Waals surface area contributed by atoms with Crippen LogP contribution in [0, 0.1) is 0 Å². The molecule has 0 aliphatic carbocycles. The number of aliphatic imine (C=N–C) groups is 1. The lowest BCUT2D eigenvalue weighted by molar-refractivity contribution is -0.122. The maximum Gasteiger partial charge on any atom is 0.266 e. The van der Waals surface area contributed by atoms with E-state index in [1.807, 2.05) is 49.4 Å². The monoisotopic (exact) mass is 479 g/mol. The molecular formula is C26H29N3O4S. The van der Waals surface area contributed by atoms with Crippen LogP contribution in [0.25, 0.3) is 6.08 Å². The summed E-state index contributed by atoms with van der Waals surface area (Å²) in [6.45, 7) is 7.48. The van der Waals surface area contributed by atoms with Crippen LogP contribution in [0.15, 0.2) is 58.4 Å². The van der Waals surface area contributed by atoms with Gasteiger partial charge in [0.15, 0.2) is 5.17 Å². The number of nitrogens with zero attached hydrogens (tertiary/aromatic N) is 3. The zero-order valence-corrected chi connectivity index (χ0v) is 20.3. The summed E-state index contributed by atoms with van der Waals surface area (Å²) in [7, 11) is 0. The Morgan fingerprint density at radius 1 is 1.15 bits per heavy atom. The number of ether oxygens (including phenoxy) is 2. The van der Waals surface area contributed by atoms with Crippen LogP contribution in [-0.2, 0) is 9.53 Å². The van der Waals surface area contributed by atoms with Crippen LogP contribution < -0.4 is 4.74 Å². The van der Waals surface area contributed by atoms with Crippen molar-refractivity contribution in [1.29, 1.82) is 0 Å². The Morgan fingerprint density at radius 2 is 1.91 bits per heavy atom. The highest BCUT2D eigenvalue weighted by Gasteiger charge is 2.32. The Kier molecular flexibility index (Phi) is 8.03. The van der Waals surface area contributed by atoms with Crippen molar-refractivity contribution in [2.45, 2.75) is 20.3 Å². The topological polar surface area (TPSA) is 71.4 Å². The predicted octanol–water partition coefficient (Wildman–Crippen LogP) is 4.57. The largest absolute Gasteiger partial charge is 0.494 e. The molecule has 0 radical (unpaired) electrons. The number of hydrogen-bond donors (Lipinski definition) is 0. The van der Waals surface area contributed by atoms with Gasteiger partial charge in [0, 0.05) is 25.2 Å². The van der Waals surface area contributed by atoms with Gasteiger partial charge in [-0.25, -0.2) is 4.99 Å². The van der Waals surface area contributed by atoms with Crippen molar-refractivity contribution in [3.8, 4) is 5.75 Å². The van der Waals surface area contributed by atoms with E-state index < -0.39 is 0 Å². The molecule has 2 aromatic carbocycles. The smallest absolute Gasteiger partial charge is 0.266 e. The fourth-order valence-corrected chi connectivity index (χ4v) is 4.73. The fraction of sp³-hybridized carbons (Fsp3) is 0.346. The van der Waals surface area contributed by atoms with Crippen LogP contribution >= 0.6 is 11.8 Å². The van der Waals surface area contributed by atoms with Crippen molar-refractivity contribution < 1.29 is 19.1 Å². The van der Waals surface area contributed by atoms with E-state index in [0.29, 0.717) is 60.8 Å². The molecule has 0 unspecified atom stereocenters. The number of amidine groups is 1. The van der Waals surface area contributed by atoms with E-state index in [1.165, 1.54) is 11.8 Å². The van der Waals surface area contributed by atoms with Crippen LogP contribution in [0.2, 0.25) is 0 Å². The molecule has 8 heteroatoms. The lowest BCUT2D eigenvalue weighted by atomic mass is 10.1. The van der Waals surface area contributed by atoms with E-state index in [0.717, 1.165) is 17.7 Å². The molecule has 2 aliphatic heterocycles. The second-order valence-electron chi connectivity index (χ2n) is 7.93.